The van der Waals surface area contributed by atoms with Gasteiger partial charge in [0.1, 0.15) is 18.0 Å². The molecule has 4 rings (SSSR count). The first-order valence-corrected chi connectivity index (χ1v) is 11.0. The van der Waals surface area contributed by atoms with E-state index < -0.39 is 0 Å². The molecule has 4 heterocycles. The van der Waals surface area contributed by atoms with Crippen LogP contribution in [0, 0.1) is 5.92 Å². The number of nitrogens with zero attached hydrogens (tertiary/aromatic N) is 6. The summed E-state index contributed by atoms with van der Waals surface area (Å²) in [6, 6.07) is 2.64. The number of aromatic nitrogens is 2. The molecule has 3 fully saturated rings. The first kappa shape index (κ1) is 20.3. The van der Waals surface area contributed by atoms with Crippen LogP contribution in [0.5, 0.6) is 0 Å². The summed E-state index contributed by atoms with van der Waals surface area (Å²) in [6.07, 6.45) is 6.06. The summed E-state index contributed by atoms with van der Waals surface area (Å²) in [4.78, 5) is 30.7. The second kappa shape index (κ2) is 9.26. The quantitative estimate of drug-likeness (QED) is 0.747. The molecule has 0 aromatic carbocycles. The minimum Gasteiger partial charge on any atom is -0.378 e. The number of carbonyl (C=O) groups is 1. The molecule has 3 aliphatic heterocycles. The second-order valence-corrected chi connectivity index (χ2v) is 8.62. The molecule has 1 unspecified atom stereocenters. The fourth-order valence-corrected chi connectivity index (χ4v) is 4.80. The van der Waals surface area contributed by atoms with Gasteiger partial charge in [0.15, 0.2) is 0 Å². The van der Waals surface area contributed by atoms with Crippen LogP contribution in [0.4, 0.5) is 11.6 Å². The number of ether oxygens (including phenoxy) is 1. The molecule has 8 heteroatoms. The normalized spacial score (nSPS) is 24.6. The number of morpholine rings is 1. The standard InChI is InChI=1S/C21H34N6O2/c1-24(2)19-14-20(23-16-22-19)25-8-5-18(6-9-25)27-7-3-4-17(15-27)21(28)26-10-12-29-13-11-26/h14,16-18H,3-13,15H2,1-2H3. The lowest BCUT2D eigenvalue weighted by atomic mass is 9.92. The smallest absolute Gasteiger partial charge is 0.227 e. The van der Waals surface area contributed by atoms with Crippen molar-refractivity contribution in [1.82, 2.24) is 19.8 Å². The summed E-state index contributed by atoms with van der Waals surface area (Å²) in [6.45, 7) is 6.91. The average molecular weight is 403 g/mol. The summed E-state index contributed by atoms with van der Waals surface area (Å²) >= 11 is 0. The van der Waals surface area contributed by atoms with Gasteiger partial charge in [-0.15, -0.1) is 0 Å². The van der Waals surface area contributed by atoms with Crippen molar-refractivity contribution in [2.45, 2.75) is 31.7 Å². The van der Waals surface area contributed by atoms with Crippen molar-refractivity contribution in [3.05, 3.63) is 12.4 Å². The van der Waals surface area contributed by atoms with Crippen LogP contribution in [-0.4, -0.2) is 98.3 Å². The molecule has 1 aromatic heterocycles. The molecule has 160 valence electrons. The van der Waals surface area contributed by atoms with E-state index in [1.165, 1.54) is 0 Å². The number of hydrogen-bond acceptors (Lipinski definition) is 7. The third-order valence-corrected chi connectivity index (χ3v) is 6.53. The van der Waals surface area contributed by atoms with E-state index in [2.05, 4.69) is 25.8 Å². The van der Waals surface area contributed by atoms with E-state index in [0.29, 0.717) is 25.2 Å². The lowest BCUT2D eigenvalue weighted by molar-refractivity contribution is -0.141. The Labute approximate surface area is 173 Å². The number of hydrogen-bond donors (Lipinski definition) is 0. The van der Waals surface area contributed by atoms with Gasteiger partial charge in [-0.25, -0.2) is 9.97 Å². The van der Waals surface area contributed by atoms with Gasteiger partial charge >= 0.3 is 0 Å². The molecular weight excluding hydrogens is 368 g/mol. The van der Waals surface area contributed by atoms with Crippen LogP contribution in [0.3, 0.4) is 0 Å². The van der Waals surface area contributed by atoms with Gasteiger partial charge < -0.3 is 19.4 Å². The summed E-state index contributed by atoms with van der Waals surface area (Å²) in [5.74, 6) is 2.45. The summed E-state index contributed by atoms with van der Waals surface area (Å²) in [7, 11) is 4.01. The molecule has 0 radical (unpaired) electrons. The molecule has 8 nitrogen and oxygen atoms in total. The van der Waals surface area contributed by atoms with Crippen LogP contribution in [0.15, 0.2) is 12.4 Å². The van der Waals surface area contributed by atoms with Crippen molar-refractivity contribution in [3.63, 3.8) is 0 Å². The van der Waals surface area contributed by atoms with E-state index in [1.54, 1.807) is 6.33 Å². The van der Waals surface area contributed by atoms with Gasteiger partial charge in [0, 0.05) is 58.9 Å². The Morgan fingerprint density at radius 3 is 2.55 bits per heavy atom. The number of amides is 1. The highest BCUT2D eigenvalue weighted by Crippen LogP contribution is 2.27. The molecule has 29 heavy (non-hydrogen) atoms. The third kappa shape index (κ3) is 4.80. The Morgan fingerprint density at radius 1 is 1.07 bits per heavy atom. The monoisotopic (exact) mass is 402 g/mol. The predicted octanol–water partition coefficient (Wildman–Crippen LogP) is 1.08. The molecule has 0 N–H and O–H groups in total. The lowest BCUT2D eigenvalue weighted by Crippen LogP contribution is -2.52. The van der Waals surface area contributed by atoms with E-state index in [0.717, 1.165) is 76.6 Å². The van der Waals surface area contributed by atoms with Crippen molar-refractivity contribution in [2.75, 3.05) is 76.4 Å². The van der Waals surface area contributed by atoms with Crippen LogP contribution in [0.1, 0.15) is 25.7 Å². The lowest BCUT2D eigenvalue weighted by Gasteiger charge is -2.43. The number of anilines is 2. The zero-order valence-electron chi connectivity index (χ0n) is 17.8. The van der Waals surface area contributed by atoms with Crippen molar-refractivity contribution >= 4 is 17.5 Å². The molecule has 0 spiro atoms. The first-order chi connectivity index (χ1) is 14.1. The van der Waals surface area contributed by atoms with E-state index in [4.69, 9.17) is 4.74 Å². The molecule has 0 bridgehead atoms. The third-order valence-electron chi connectivity index (χ3n) is 6.53. The molecule has 0 saturated carbocycles. The number of rotatable bonds is 4. The van der Waals surface area contributed by atoms with E-state index in [9.17, 15) is 4.79 Å². The number of likely N-dealkylation sites (tertiary alicyclic amines) is 1. The average Bonchev–Trinajstić information content (AvgIpc) is 2.79. The van der Waals surface area contributed by atoms with Gasteiger partial charge in [-0.3, -0.25) is 9.69 Å². The van der Waals surface area contributed by atoms with Crippen LogP contribution >= 0.6 is 0 Å². The fraction of sp³-hybridized carbons (Fsp3) is 0.762. The van der Waals surface area contributed by atoms with Gasteiger partial charge in [0.2, 0.25) is 5.91 Å². The van der Waals surface area contributed by atoms with E-state index in [-0.39, 0.29) is 5.92 Å². The zero-order valence-corrected chi connectivity index (χ0v) is 17.8. The van der Waals surface area contributed by atoms with Crippen LogP contribution in [0.25, 0.3) is 0 Å². The zero-order chi connectivity index (χ0) is 20.2. The summed E-state index contributed by atoms with van der Waals surface area (Å²) < 4.78 is 5.40. The summed E-state index contributed by atoms with van der Waals surface area (Å²) in [5, 5.41) is 0. The molecule has 1 atom stereocenters. The van der Waals surface area contributed by atoms with Crippen LogP contribution < -0.4 is 9.80 Å². The van der Waals surface area contributed by atoms with E-state index in [1.807, 2.05) is 23.9 Å². The van der Waals surface area contributed by atoms with Crippen molar-refractivity contribution in [2.24, 2.45) is 5.92 Å². The van der Waals surface area contributed by atoms with Gasteiger partial charge in [-0.05, 0) is 32.2 Å². The predicted molar refractivity (Wildman–Crippen MR) is 113 cm³/mol. The Balaban J connectivity index is 1.31. The largest absolute Gasteiger partial charge is 0.378 e. The maximum Gasteiger partial charge on any atom is 0.227 e. The molecular formula is C21H34N6O2. The minimum atomic E-state index is 0.157. The second-order valence-electron chi connectivity index (χ2n) is 8.62. The molecule has 0 aliphatic carbocycles. The molecule has 3 aliphatic rings. The molecule has 1 amide bonds. The Hall–Kier alpha value is -1.93. The number of carbonyl (C=O) groups excluding carboxylic acids is 1. The van der Waals surface area contributed by atoms with Crippen molar-refractivity contribution in [1.29, 1.82) is 0 Å². The fourth-order valence-electron chi connectivity index (χ4n) is 4.80. The minimum absolute atomic E-state index is 0.157. The summed E-state index contributed by atoms with van der Waals surface area (Å²) in [5.41, 5.74) is 0. The highest BCUT2D eigenvalue weighted by molar-refractivity contribution is 5.79. The van der Waals surface area contributed by atoms with Gasteiger partial charge in [-0.2, -0.15) is 0 Å². The molecule has 1 aromatic rings. The van der Waals surface area contributed by atoms with Gasteiger partial charge in [0.25, 0.3) is 0 Å². The topological polar surface area (TPSA) is 65.0 Å². The maximum absolute atomic E-state index is 12.9. The van der Waals surface area contributed by atoms with Crippen molar-refractivity contribution < 1.29 is 9.53 Å². The van der Waals surface area contributed by atoms with Crippen LogP contribution in [-0.2, 0) is 9.53 Å². The SMILES string of the molecule is CN(C)c1cc(N2CCC(N3CCCC(C(=O)N4CCOCC4)C3)CC2)ncn1. The van der Waals surface area contributed by atoms with Crippen molar-refractivity contribution in [3.8, 4) is 0 Å². The highest BCUT2D eigenvalue weighted by atomic mass is 16.5. The number of piperidine rings is 2. The van der Waals surface area contributed by atoms with Crippen LogP contribution in [0.2, 0.25) is 0 Å². The maximum atomic E-state index is 12.9. The highest BCUT2D eigenvalue weighted by Gasteiger charge is 2.34. The molecule has 3 saturated heterocycles. The van der Waals surface area contributed by atoms with E-state index >= 15 is 0 Å². The Bertz CT molecular complexity index is 686. The van der Waals surface area contributed by atoms with Gasteiger partial charge in [-0.1, -0.05) is 0 Å². The Kier molecular flexibility index (Phi) is 6.50. The van der Waals surface area contributed by atoms with Gasteiger partial charge in [0.05, 0.1) is 19.1 Å². The first-order valence-electron chi connectivity index (χ1n) is 11.0. The Morgan fingerprint density at radius 2 is 1.83 bits per heavy atom.